The van der Waals surface area contributed by atoms with Gasteiger partial charge in [0, 0.05) is 38.0 Å². The van der Waals surface area contributed by atoms with E-state index in [0.29, 0.717) is 31.9 Å². The Morgan fingerprint density at radius 3 is 2.62 bits per heavy atom. The second-order valence-corrected chi connectivity index (χ2v) is 8.78. The molecule has 0 bridgehead atoms. The van der Waals surface area contributed by atoms with Gasteiger partial charge in [-0.1, -0.05) is 59.6 Å². The topological polar surface area (TPSA) is 52.3 Å². The highest BCUT2D eigenvalue weighted by Gasteiger charge is 2.13. The van der Waals surface area contributed by atoms with Crippen molar-refractivity contribution in [3.63, 3.8) is 0 Å². The van der Waals surface area contributed by atoms with Crippen LogP contribution in [0.4, 0.5) is 0 Å². The van der Waals surface area contributed by atoms with Gasteiger partial charge in [0.15, 0.2) is 0 Å². The number of hydrogen-bond donors (Lipinski definition) is 0. The van der Waals surface area contributed by atoms with Gasteiger partial charge in [-0.05, 0) is 30.3 Å². The first-order valence-corrected chi connectivity index (χ1v) is 11.4. The SMILES string of the molecule is O=c1oc2cc(OCc3ccc(Cl)cc3Cl)ccc2cc1-c1nc(-c2ccccc2)cs1. The zero-order valence-electron chi connectivity index (χ0n) is 16.5. The fourth-order valence-electron chi connectivity index (χ4n) is 3.27. The fourth-order valence-corrected chi connectivity index (χ4v) is 4.56. The maximum absolute atomic E-state index is 12.7. The average molecular weight is 480 g/mol. The summed E-state index contributed by atoms with van der Waals surface area (Å²) in [5, 5.41) is 4.45. The second kappa shape index (κ2) is 8.79. The molecule has 5 rings (SSSR count). The summed E-state index contributed by atoms with van der Waals surface area (Å²) in [5.41, 5.74) is 3.08. The molecule has 4 nitrogen and oxygen atoms in total. The standard InChI is InChI=1S/C25H15Cl2NO3S/c26-18-8-6-17(21(27)11-18)13-30-19-9-7-16-10-20(25(29)31-23(16)12-19)24-28-22(14-32-24)15-4-2-1-3-5-15/h1-12,14H,13H2. The molecule has 0 atom stereocenters. The lowest BCUT2D eigenvalue weighted by Crippen LogP contribution is -2.03. The van der Waals surface area contributed by atoms with Crippen molar-refractivity contribution in [2.24, 2.45) is 0 Å². The van der Waals surface area contributed by atoms with Crippen LogP contribution in [0.25, 0.3) is 32.8 Å². The number of halogens is 2. The van der Waals surface area contributed by atoms with Crippen molar-refractivity contribution >= 4 is 45.5 Å². The first kappa shape index (κ1) is 20.8. The molecule has 32 heavy (non-hydrogen) atoms. The molecule has 0 aliphatic rings. The average Bonchev–Trinajstić information content (AvgIpc) is 3.28. The van der Waals surface area contributed by atoms with Gasteiger partial charge in [0.05, 0.1) is 11.3 Å². The number of nitrogens with zero attached hydrogens (tertiary/aromatic N) is 1. The summed E-state index contributed by atoms with van der Waals surface area (Å²) >= 11 is 13.5. The molecule has 0 aliphatic carbocycles. The number of rotatable bonds is 5. The van der Waals surface area contributed by atoms with E-state index < -0.39 is 5.63 Å². The number of thiazole rings is 1. The van der Waals surface area contributed by atoms with Crippen LogP contribution < -0.4 is 10.4 Å². The molecule has 2 aromatic heterocycles. The van der Waals surface area contributed by atoms with Gasteiger partial charge < -0.3 is 9.15 Å². The molecule has 0 N–H and O–H groups in total. The third kappa shape index (κ3) is 4.28. The molecule has 0 spiro atoms. The minimum Gasteiger partial charge on any atom is -0.489 e. The second-order valence-electron chi connectivity index (χ2n) is 7.08. The quantitative estimate of drug-likeness (QED) is 0.245. The van der Waals surface area contributed by atoms with Crippen molar-refractivity contribution < 1.29 is 9.15 Å². The predicted molar refractivity (Wildman–Crippen MR) is 130 cm³/mol. The van der Waals surface area contributed by atoms with Gasteiger partial charge >= 0.3 is 5.63 Å². The maximum Gasteiger partial charge on any atom is 0.346 e. The van der Waals surface area contributed by atoms with Gasteiger partial charge in [0.25, 0.3) is 0 Å². The summed E-state index contributed by atoms with van der Waals surface area (Å²) in [7, 11) is 0. The van der Waals surface area contributed by atoms with Gasteiger partial charge in [0.2, 0.25) is 0 Å². The van der Waals surface area contributed by atoms with E-state index in [9.17, 15) is 4.79 Å². The highest BCUT2D eigenvalue weighted by Crippen LogP contribution is 2.30. The Bertz CT molecular complexity index is 1480. The lowest BCUT2D eigenvalue weighted by Gasteiger charge is -2.09. The van der Waals surface area contributed by atoms with Gasteiger partial charge in [-0.15, -0.1) is 11.3 Å². The molecule has 0 fully saturated rings. The van der Waals surface area contributed by atoms with E-state index in [1.807, 2.05) is 53.9 Å². The Hall–Kier alpha value is -3.12. The zero-order valence-corrected chi connectivity index (χ0v) is 18.9. The first-order valence-electron chi connectivity index (χ1n) is 9.73. The summed E-state index contributed by atoms with van der Waals surface area (Å²) in [6, 6.07) is 22.3. The number of benzene rings is 3. The van der Waals surface area contributed by atoms with Crippen molar-refractivity contribution in [3.05, 3.63) is 104 Å². The molecule has 2 heterocycles. The van der Waals surface area contributed by atoms with E-state index in [1.165, 1.54) is 11.3 Å². The van der Waals surface area contributed by atoms with Crippen LogP contribution >= 0.6 is 34.5 Å². The van der Waals surface area contributed by atoms with Gasteiger partial charge in [-0.3, -0.25) is 0 Å². The third-order valence-electron chi connectivity index (χ3n) is 4.92. The van der Waals surface area contributed by atoms with E-state index in [2.05, 4.69) is 4.98 Å². The number of hydrogen-bond acceptors (Lipinski definition) is 5. The lowest BCUT2D eigenvalue weighted by molar-refractivity contribution is 0.306. The summed E-state index contributed by atoms with van der Waals surface area (Å²) in [5.74, 6) is 0.569. The highest BCUT2D eigenvalue weighted by molar-refractivity contribution is 7.13. The van der Waals surface area contributed by atoms with Crippen LogP contribution in [-0.4, -0.2) is 4.98 Å². The number of fused-ring (bicyclic) bond motifs is 1. The van der Waals surface area contributed by atoms with Gasteiger partial charge in [-0.25, -0.2) is 9.78 Å². The van der Waals surface area contributed by atoms with Crippen molar-refractivity contribution in [3.8, 4) is 27.6 Å². The van der Waals surface area contributed by atoms with Crippen molar-refractivity contribution in [2.75, 3.05) is 0 Å². The van der Waals surface area contributed by atoms with Crippen molar-refractivity contribution in [1.82, 2.24) is 4.98 Å². The summed E-state index contributed by atoms with van der Waals surface area (Å²) in [6.07, 6.45) is 0. The zero-order chi connectivity index (χ0) is 22.1. The van der Waals surface area contributed by atoms with E-state index in [1.54, 1.807) is 24.3 Å². The minimum atomic E-state index is -0.440. The fraction of sp³-hybridized carbons (Fsp3) is 0.0400. The largest absolute Gasteiger partial charge is 0.489 e. The monoisotopic (exact) mass is 479 g/mol. The predicted octanol–water partition coefficient (Wildman–Crippen LogP) is 7.47. The minimum absolute atomic E-state index is 0.269. The van der Waals surface area contributed by atoms with Crippen LogP contribution in [0.3, 0.4) is 0 Å². The Morgan fingerprint density at radius 2 is 1.81 bits per heavy atom. The number of aromatic nitrogens is 1. The van der Waals surface area contributed by atoms with E-state index in [0.717, 1.165) is 22.2 Å². The van der Waals surface area contributed by atoms with Crippen LogP contribution in [0.1, 0.15) is 5.56 Å². The molecule has 0 saturated carbocycles. The van der Waals surface area contributed by atoms with E-state index >= 15 is 0 Å². The molecule has 5 aromatic rings. The number of ether oxygens (including phenoxy) is 1. The van der Waals surface area contributed by atoms with Gasteiger partial charge in [-0.2, -0.15) is 0 Å². The normalized spacial score (nSPS) is 11.1. The maximum atomic E-state index is 12.7. The molecular weight excluding hydrogens is 465 g/mol. The Kier molecular flexibility index (Phi) is 5.70. The Balaban J connectivity index is 1.41. The molecule has 0 unspecified atom stereocenters. The Labute approximate surface area is 197 Å². The molecule has 158 valence electrons. The van der Waals surface area contributed by atoms with Crippen LogP contribution in [0, 0.1) is 0 Å². The lowest BCUT2D eigenvalue weighted by atomic mass is 10.1. The molecule has 0 aliphatic heterocycles. The Morgan fingerprint density at radius 1 is 0.969 bits per heavy atom. The van der Waals surface area contributed by atoms with Crippen LogP contribution in [0.2, 0.25) is 10.0 Å². The first-order chi connectivity index (χ1) is 15.6. The smallest absolute Gasteiger partial charge is 0.346 e. The third-order valence-corrected chi connectivity index (χ3v) is 6.38. The molecule has 0 amide bonds. The van der Waals surface area contributed by atoms with E-state index in [4.69, 9.17) is 32.4 Å². The molecule has 0 saturated heterocycles. The van der Waals surface area contributed by atoms with Crippen LogP contribution in [0.15, 0.2) is 87.4 Å². The van der Waals surface area contributed by atoms with E-state index in [-0.39, 0.29) is 6.61 Å². The van der Waals surface area contributed by atoms with Crippen LogP contribution in [-0.2, 0) is 6.61 Å². The summed E-state index contributed by atoms with van der Waals surface area (Å²) in [6.45, 7) is 0.269. The van der Waals surface area contributed by atoms with Crippen molar-refractivity contribution in [2.45, 2.75) is 6.61 Å². The summed E-state index contributed by atoms with van der Waals surface area (Å²) < 4.78 is 11.4. The molecule has 3 aromatic carbocycles. The highest BCUT2D eigenvalue weighted by atomic mass is 35.5. The molecular formula is C25H15Cl2NO3S. The van der Waals surface area contributed by atoms with Gasteiger partial charge in [0.1, 0.15) is 22.9 Å². The van der Waals surface area contributed by atoms with Crippen molar-refractivity contribution in [1.29, 1.82) is 0 Å². The summed E-state index contributed by atoms with van der Waals surface area (Å²) in [4.78, 5) is 17.3. The van der Waals surface area contributed by atoms with Crippen LogP contribution in [0.5, 0.6) is 5.75 Å². The molecule has 0 radical (unpaired) electrons. The molecule has 7 heteroatoms.